The molecule has 0 saturated carbocycles. The van der Waals surface area contributed by atoms with E-state index in [4.69, 9.17) is 5.26 Å². The predicted octanol–water partition coefficient (Wildman–Crippen LogP) is 2.85. The lowest BCUT2D eigenvalue weighted by Gasteiger charge is -2.03. The number of benzene rings is 1. The molecular weight excluding hydrogens is 212 g/mol. The number of nitro benzene ring substituents is 1. The molecule has 0 spiro atoms. The molecule has 0 N–H and O–H groups in total. The van der Waals surface area contributed by atoms with Gasteiger partial charge in [0.15, 0.2) is 0 Å². The van der Waals surface area contributed by atoms with Crippen LogP contribution in [0.4, 0.5) is 5.69 Å². The van der Waals surface area contributed by atoms with E-state index >= 15 is 0 Å². The van der Waals surface area contributed by atoms with Crippen molar-refractivity contribution < 1.29 is 4.92 Å². The van der Waals surface area contributed by atoms with Gasteiger partial charge in [-0.3, -0.25) is 10.1 Å². The van der Waals surface area contributed by atoms with Crippen LogP contribution in [0.1, 0.15) is 6.92 Å². The van der Waals surface area contributed by atoms with Crippen LogP contribution in [-0.4, -0.2) is 10.7 Å². The van der Waals surface area contributed by atoms with Crippen molar-refractivity contribution in [2.75, 3.05) is 5.75 Å². The van der Waals surface area contributed by atoms with Crippen molar-refractivity contribution >= 4 is 17.4 Å². The summed E-state index contributed by atoms with van der Waals surface area (Å²) in [6, 6.07) is 8.66. The fraction of sp³-hybridized carbons (Fsp3) is 0.300. The molecule has 1 aromatic rings. The van der Waals surface area contributed by atoms with Crippen molar-refractivity contribution in [1.82, 2.24) is 0 Å². The Labute approximate surface area is 92.1 Å². The van der Waals surface area contributed by atoms with Gasteiger partial charge in [0.1, 0.15) is 0 Å². The smallest absolute Gasteiger partial charge is 0.258 e. The quantitative estimate of drug-likeness (QED) is 0.446. The lowest BCUT2D eigenvalue weighted by atomic mass is 10.3. The van der Waals surface area contributed by atoms with E-state index in [-0.39, 0.29) is 11.6 Å². The van der Waals surface area contributed by atoms with Gasteiger partial charge in [-0.2, -0.15) is 5.26 Å². The third-order valence-electron chi connectivity index (χ3n) is 1.77. The van der Waals surface area contributed by atoms with Gasteiger partial charge in [0, 0.05) is 11.8 Å². The molecule has 0 amide bonds. The average Bonchev–Trinajstić information content (AvgIpc) is 2.26. The molecule has 1 atom stereocenters. The minimum Gasteiger partial charge on any atom is -0.258 e. The number of nitriles is 1. The van der Waals surface area contributed by atoms with Crippen LogP contribution >= 0.6 is 11.8 Å². The second kappa shape index (κ2) is 5.37. The molecule has 15 heavy (non-hydrogen) atoms. The van der Waals surface area contributed by atoms with E-state index in [0.717, 1.165) is 0 Å². The Bertz CT molecular complexity index is 401. The van der Waals surface area contributed by atoms with Gasteiger partial charge >= 0.3 is 0 Å². The summed E-state index contributed by atoms with van der Waals surface area (Å²) in [5, 5.41) is 19.3. The summed E-state index contributed by atoms with van der Waals surface area (Å²) >= 11 is 1.34. The van der Waals surface area contributed by atoms with Gasteiger partial charge in [0.05, 0.1) is 21.8 Å². The third-order valence-corrected chi connectivity index (χ3v) is 3.09. The standard InChI is InChI=1S/C10H10N2O2S/c1-8(6-11)7-15-10-5-3-2-4-9(10)12(13)14/h2-5,8H,7H2,1H3. The topological polar surface area (TPSA) is 66.9 Å². The number of thioether (sulfide) groups is 1. The van der Waals surface area contributed by atoms with E-state index in [1.54, 1.807) is 25.1 Å². The van der Waals surface area contributed by atoms with E-state index in [1.807, 2.05) is 0 Å². The lowest BCUT2D eigenvalue weighted by molar-refractivity contribution is -0.387. The minimum atomic E-state index is -0.403. The van der Waals surface area contributed by atoms with E-state index in [1.165, 1.54) is 17.8 Å². The SMILES string of the molecule is CC(C#N)CSc1ccccc1[N+](=O)[O-]. The van der Waals surface area contributed by atoms with Crippen LogP contribution in [0, 0.1) is 27.4 Å². The lowest BCUT2D eigenvalue weighted by Crippen LogP contribution is -1.95. The van der Waals surface area contributed by atoms with Crippen molar-refractivity contribution in [2.45, 2.75) is 11.8 Å². The largest absolute Gasteiger partial charge is 0.282 e. The molecule has 0 aliphatic rings. The van der Waals surface area contributed by atoms with Crippen LogP contribution in [0.5, 0.6) is 0 Å². The van der Waals surface area contributed by atoms with E-state index < -0.39 is 4.92 Å². The van der Waals surface area contributed by atoms with Crippen LogP contribution in [0.2, 0.25) is 0 Å². The van der Waals surface area contributed by atoms with Gasteiger partial charge in [0.25, 0.3) is 5.69 Å². The van der Waals surface area contributed by atoms with Gasteiger partial charge in [0.2, 0.25) is 0 Å². The van der Waals surface area contributed by atoms with E-state index in [0.29, 0.717) is 10.6 Å². The van der Waals surface area contributed by atoms with Crippen LogP contribution in [0.15, 0.2) is 29.2 Å². The first kappa shape index (κ1) is 11.5. The van der Waals surface area contributed by atoms with Gasteiger partial charge in [-0.25, -0.2) is 0 Å². The summed E-state index contributed by atoms with van der Waals surface area (Å²) in [6.45, 7) is 1.79. The highest BCUT2D eigenvalue weighted by Gasteiger charge is 2.13. The molecule has 1 rings (SSSR count). The molecule has 0 aliphatic heterocycles. The molecule has 0 heterocycles. The molecule has 0 aliphatic carbocycles. The maximum Gasteiger partial charge on any atom is 0.282 e. The summed E-state index contributed by atoms with van der Waals surface area (Å²) in [5.74, 6) is 0.469. The Kier molecular flexibility index (Phi) is 4.13. The number of nitro groups is 1. The Morgan fingerprint density at radius 2 is 2.27 bits per heavy atom. The second-order valence-corrected chi connectivity index (χ2v) is 4.13. The zero-order chi connectivity index (χ0) is 11.3. The normalized spacial score (nSPS) is 11.7. The molecule has 0 fully saturated rings. The van der Waals surface area contributed by atoms with Crippen LogP contribution in [0.25, 0.3) is 0 Å². The first-order valence-electron chi connectivity index (χ1n) is 4.41. The fourth-order valence-corrected chi connectivity index (χ4v) is 1.95. The van der Waals surface area contributed by atoms with Crippen molar-refractivity contribution in [2.24, 2.45) is 5.92 Å². The molecule has 1 unspecified atom stereocenters. The molecule has 4 nitrogen and oxygen atoms in total. The van der Waals surface area contributed by atoms with Crippen molar-refractivity contribution in [1.29, 1.82) is 5.26 Å². The summed E-state index contributed by atoms with van der Waals surface area (Å²) in [5.41, 5.74) is 0.104. The number of rotatable bonds is 4. The summed E-state index contributed by atoms with van der Waals surface area (Å²) in [7, 11) is 0. The summed E-state index contributed by atoms with van der Waals surface area (Å²) in [4.78, 5) is 10.9. The summed E-state index contributed by atoms with van der Waals surface area (Å²) < 4.78 is 0. The highest BCUT2D eigenvalue weighted by atomic mass is 32.2. The maximum atomic E-state index is 10.7. The number of hydrogen-bond donors (Lipinski definition) is 0. The highest BCUT2D eigenvalue weighted by Crippen LogP contribution is 2.29. The first-order chi connectivity index (χ1) is 7.15. The number of para-hydroxylation sites is 1. The Balaban J connectivity index is 2.77. The van der Waals surface area contributed by atoms with E-state index in [9.17, 15) is 10.1 Å². The van der Waals surface area contributed by atoms with Gasteiger partial charge < -0.3 is 0 Å². The van der Waals surface area contributed by atoms with Crippen LogP contribution < -0.4 is 0 Å². The second-order valence-electron chi connectivity index (χ2n) is 3.07. The maximum absolute atomic E-state index is 10.7. The molecule has 0 saturated heterocycles. The van der Waals surface area contributed by atoms with Gasteiger partial charge in [-0.05, 0) is 13.0 Å². The fourth-order valence-electron chi connectivity index (χ4n) is 0.982. The molecule has 78 valence electrons. The van der Waals surface area contributed by atoms with Crippen molar-refractivity contribution in [3.8, 4) is 6.07 Å². The van der Waals surface area contributed by atoms with Gasteiger partial charge in [-0.1, -0.05) is 12.1 Å². The average molecular weight is 222 g/mol. The Hall–Kier alpha value is -1.54. The molecular formula is C10H10N2O2S. The number of hydrogen-bond acceptors (Lipinski definition) is 4. The molecule has 0 aromatic heterocycles. The van der Waals surface area contributed by atoms with E-state index in [2.05, 4.69) is 6.07 Å². The van der Waals surface area contributed by atoms with Gasteiger partial charge in [-0.15, -0.1) is 11.8 Å². The zero-order valence-electron chi connectivity index (χ0n) is 8.21. The predicted molar refractivity (Wildman–Crippen MR) is 58.6 cm³/mol. The van der Waals surface area contributed by atoms with Crippen molar-refractivity contribution in [3.05, 3.63) is 34.4 Å². The first-order valence-corrected chi connectivity index (χ1v) is 5.39. The van der Waals surface area contributed by atoms with Crippen LogP contribution in [-0.2, 0) is 0 Å². The highest BCUT2D eigenvalue weighted by molar-refractivity contribution is 7.99. The Morgan fingerprint density at radius 3 is 2.87 bits per heavy atom. The zero-order valence-corrected chi connectivity index (χ0v) is 9.03. The number of nitrogens with zero attached hydrogens (tertiary/aromatic N) is 2. The molecule has 1 aromatic carbocycles. The Morgan fingerprint density at radius 1 is 1.60 bits per heavy atom. The summed E-state index contributed by atoms with van der Waals surface area (Å²) in [6.07, 6.45) is 0. The monoisotopic (exact) mass is 222 g/mol. The van der Waals surface area contributed by atoms with Crippen molar-refractivity contribution in [3.63, 3.8) is 0 Å². The van der Waals surface area contributed by atoms with Crippen LogP contribution in [0.3, 0.4) is 0 Å². The third kappa shape index (κ3) is 3.26. The molecule has 0 bridgehead atoms. The molecule has 5 heteroatoms. The minimum absolute atomic E-state index is 0.102. The molecule has 0 radical (unpaired) electrons.